The van der Waals surface area contributed by atoms with Crippen LogP contribution in [0.25, 0.3) is 6.08 Å². The number of anilines is 1. The van der Waals surface area contributed by atoms with Crippen molar-refractivity contribution in [2.75, 3.05) is 4.90 Å². The molecule has 0 spiro atoms. The number of amides is 1. The number of nitrogens with one attached hydrogen (secondary N) is 1. The number of carbonyl (C=O) groups is 1. The molecule has 1 aliphatic heterocycles. The zero-order chi connectivity index (χ0) is 21.9. The number of nitrogens with zero attached hydrogens (tertiary/aromatic N) is 2. The summed E-state index contributed by atoms with van der Waals surface area (Å²) in [5.74, 6) is 0.0628. The number of nitriles is 1. The molecule has 0 bridgehead atoms. The number of hydrogen-bond acceptors (Lipinski definition) is 3. The van der Waals surface area contributed by atoms with Gasteiger partial charge in [0.25, 0.3) is 5.91 Å². The summed E-state index contributed by atoms with van der Waals surface area (Å²) in [6.07, 6.45) is 2.75. The largest absolute Gasteiger partial charge is 0.364 e. The molecule has 1 N–H and O–H groups in total. The van der Waals surface area contributed by atoms with Crippen molar-refractivity contribution in [1.82, 2.24) is 5.32 Å². The van der Waals surface area contributed by atoms with Crippen molar-refractivity contribution < 1.29 is 4.79 Å². The van der Waals surface area contributed by atoms with Gasteiger partial charge in [-0.2, -0.15) is 5.26 Å². The predicted octanol–water partition coefficient (Wildman–Crippen LogP) is 5.41. The van der Waals surface area contributed by atoms with Gasteiger partial charge < -0.3 is 10.2 Å². The van der Waals surface area contributed by atoms with E-state index in [1.807, 2.05) is 36.4 Å². The molecular formula is C26H31N3O. The lowest BCUT2D eigenvalue weighted by Gasteiger charge is -2.50. The molecule has 1 aliphatic rings. The number of carbonyl (C=O) groups excluding carboxylic acids is 1. The van der Waals surface area contributed by atoms with Gasteiger partial charge >= 0.3 is 0 Å². The van der Waals surface area contributed by atoms with Crippen LogP contribution in [0.5, 0.6) is 0 Å². The van der Waals surface area contributed by atoms with Crippen LogP contribution in [0.2, 0.25) is 0 Å². The Morgan fingerprint density at radius 2 is 1.97 bits per heavy atom. The zero-order valence-electron chi connectivity index (χ0n) is 18.6. The first-order chi connectivity index (χ1) is 14.2. The Labute approximate surface area is 180 Å². The van der Waals surface area contributed by atoms with Crippen molar-refractivity contribution >= 4 is 17.7 Å². The highest BCUT2D eigenvalue weighted by atomic mass is 16.1. The Morgan fingerprint density at radius 1 is 1.27 bits per heavy atom. The van der Waals surface area contributed by atoms with Crippen molar-refractivity contribution in [3.63, 3.8) is 0 Å². The van der Waals surface area contributed by atoms with E-state index in [1.54, 1.807) is 6.08 Å². The average molecular weight is 402 g/mol. The number of hydrogen-bond donors (Lipinski definition) is 1. The molecule has 4 heteroatoms. The van der Waals surface area contributed by atoms with Gasteiger partial charge in [0.15, 0.2) is 0 Å². The first kappa shape index (κ1) is 21.6. The van der Waals surface area contributed by atoms with Crippen LogP contribution in [-0.4, -0.2) is 17.5 Å². The van der Waals surface area contributed by atoms with Gasteiger partial charge in [0.05, 0.1) is 0 Å². The third kappa shape index (κ3) is 4.57. The van der Waals surface area contributed by atoms with Crippen LogP contribution in [-0.2, 0) is 11.3 Å². The minimum Gasteiger partial charge on any atom is -0.364 e. The molecule has 3 rings (SSSR count). The molecule has 0 saturated carbocycles. The highest BCUT2D eigenvalue weighted by Gasteiger charge is 2.37. The standard InChI is InChI=1S/C26H31N3O/c1-18(2)29-24-12-11-21(14-23(24)19(3)15-26(29,4)5)13-22(16-27)25(30)28-17-20-9-7-6-8-10-20/h6-14,18-19H,15,17H2,1-5H3,(H,28,30)/b22-13-/t19-/m0/s1. The first-order valence-electron chi connectivity index (χ1n) is 10.6. The molecule has 2 aromatic carbocycles. The number of rotatable bonds is 5. The van der Waals surface area contributed by atoms with Crippen molar-refractivity contribution in [2.24, 2.45) is 0 Å². The van der Waals surface area contributed by atoms with Gasteiger partial charge in [0.1, 0.15) is 11.6 Å². The molecule has 0 fully saturated rings. The fraction of sp³-hybridized carbons (Fsp3) is 0.385. The van der Waals surface area contributed by atoms with Gasteiger partial charge in [-0.05, 0) is 74.9 Å². The summed E-state index contributed by atoms with van der Waals surface area (Å²) in [6.45, 7) is 11.7. The number of fused-ring (bicyclic) bond motifs is 1. The van der Waals surface area contributed by atoms with Crippen molar-refractivity contribution in [3.8, 4) is 6.07 Å². The molecule has 2 aromatic rings. The van der Waals surface area contributed by atoms with Crippen LogP contribution in [0.1, 0.15) is 63.6 Å². The Morgan fingerprint density at radius 3 is 2.60 bits per heavy atom. The van der Waals surface area contributed by atoms with Crippen LogP contribution in [0.3, 0.4) is 0 Å². The van der Waals surface area contributed by atoms with E-state index in [1.165, 1.54) is 11.3 Å². The van der Waals surface area contributed by atoms with Crippen molar-refractivity contribution in [3.05, 3.63) is 70.8 Å². The van der Waals surface area contributed by atoms with E-state index < -0.39 is 0 Å². The molecule has 30 heavy (non-hydrogen) atoms. The lowest BCUT2D eigenvalue weighted by molar-refractivity contribution is -0.117. The maximum absolute atomic E-state index is 12.5. The molecule has 0 aliphatic carbocycles. The van der Waals surface area contributed by atoms with E-state index in [0.29, 0.717) is 18.5 Å². The molecule has 1 heterocycles. The molecule has 0 saturated heterocycles. The second-order valence-corrected chi connectivity index (χ2v) is 9.04. The minimum absolute atomic E-state index is 0.0904. The Hall–Kier alpha value is -3.06. The van der Waals surface area contributed by atoms with Gasteiger partial charge in [-0.15, -0.1) is 0 Å². The summed E-state index contributed by atoms with van der Waals surface area (Å²) in [5.41, 5.74) is 4.62. The van der Waals surface area contributed by atoms with Crippen LogP contribution >= 0.6 is 0 Å². The van der Waals surface area contributed by atoms with E-state index in [2.05, 4.69) is 63.0 Å². The van der Waals surface area contributed by atoms with Gasteiger partial charge in [-0.25, -0.2) is 0 Å². The highest BCUT2D eigenvalue weighted by Crippen LogP contribution is 2.44. The summed E-state index contributed by atoms with van der Waals surface area (Å²) in [6, 6.07) is 18.4. The lowest BCUT2D eigenvalue weighted by atomic mass is 9.79. The second kappa shape index (κ2) is 8.75. The smallest absolute Gasteiger partial charge is 0.262 e. The summed E-state index contributed by atoms with van der Waals surface area (Å²) in [7, 11) is 0. The van der Waals surface area contributed by atoms with Gasteiger partial charge in [0, 0.05) is 23.8 Å². The van der Waals surface area contributed by atoms with E-state index in [-0.39, 0.29) is 17.0 Å². The maximum Gasteiger partial charge on any atom is 0.262 e. The summed E-state index contributed by atoms with van der Waals surface area (Å²) >= 11 is 0. The van der Waals surface area contributed by atoms with Crippen LogP contribution in [0.15, 0.2) is 54.1 Å². The monoisotopic (exact) mass is 401 g/mol. The molecular weight excluding hydrogens is 370 g/mol. The fourth-order valence-corrected chi connectivity index (χ4v) is 4.73. The third-order valence-electron chi connectivity index (χ3n) is 5.79. The predicted molar refractivity (Wildman–Crippen MR) is 123 cm³/mol. The van der Waals surface area contributed by atoms with Crippen molar-refractivity contribution in [2.45, 2.75) is 65.1 Å². The lowest BCUT2D eigenvalue weighted by Crippen LogP contribution is -2.51. The van der Waals surface area contributed by atoms with E-state index in [0.717, 1.165) is 17.5 Å². The topological polar surface area (TPSA) is 56.1 Å². The SMILES string of the molecule is CC(C)N1c2ccc(/C=C(/C#N)C(=O)NCc3ccccc3)cc2[C@@H](C)CC1(C)C. The summed E-state index contributed by atoms with van der Waals surface area (Å²) < 4.78 is 0. The van der Waals surface area contributed by atoms with Gasteiger partial charge in [0.2, 0.25) is 0 Å². The summed E-state index contributed by atoms with van der Waals surface area (Å²) in [5, 5.41) is 12.4. The van der Waals surface area contributed by atoms with E-state index in [4.69, 9.17) is 0 Å². The fourth-order valence-electron chi connectivity index (χ4n) is 4.73. The molecule has 0 aromatic heterocycles. The highest BCUT2D eigenvalue weighted by molar-refractivity contribution is 6.01. The maximum atomic E-state index is 12.5. The Balaban J connectivity index is 1.85. The zero-order valence-corrected chi connectivity index (χ0v) is 18.6. The average Bonchev–Trinajstić information content (AvgIpc) is 2.70. The van der Waals surface area contributed by atoms with Gasteiger partial charge in [-0.1, -0.05) is 43.3 Å². The molecule has 0 radical (unpaired) electrons. The summed E-state index contributed by atoms with van der Waals surface area (Å²) in [4.78, 5) is 15.0. The molecule has 156 valence electrons. The van der Waals surface area contributed by atoms with Crippen molar-refractivity contribution in [1.29, 1.82) is 5.26 Å². The third-order valence-corrected chi connectivity index (χ3v) is 5.79. The second-order valence-electron chi connectivity index (χ2n) is 9.04. The van der Waals surface area contributed by atoms with E-state index in [9.17, 15) is 10.1 Å². The molecule has 0 unspecified atom stereocenters. The minimum atomic E-state index is -0.350. The molecule has 1 atom stereocenters. The van der Waals surface area contributed by atoms with E-state index >= 15 is 0 Å². The van der Waals surface area contributed by atoms with Gasteiger partial charge in [-0.3, -0.25) is 4.79 Å². The number of benzene rings is 2. The molecule has 4 nitrogen and oxygen atoms in total. The van der Waals surface area contributed by atoms with Crippen LogP contribution < -0.4 is 10.2 Å². The van der Waals surface area contributed by atoms with Crippen LogP contribution in [0.4, 0.5) is 5.69 Å². The Kier molecular flexibility index (Phi) is 6.31. The normalized spacial score (nSPS) is 18.0. The first-order valence-corrected chi connectivity index (χ1v) is 10.6. The Bertz CT molecular complexity index is 983. The quantitative estimate of drug-likeness (QED) is 0.538. The van der Waals surface area contributed by atoms with Crippen LogP contribution in [0, 0.1) is 11.3 Å². The molecule has 1 amide bonds.